The highest BCUT2D eigenvalue weighted by molar-refractivity contribution is 5.82. The second-order valence-electron chi connectivity index (χ2n) is 10.3. The second kappa shape index (κ2) is 6.71. The maximum atomic E-state index is 13.1. The summed E-state index contributed by atoms with van der Waals surface area (Å²) in [6.45, 7) is 4.12. The summed E-state index contributed by atoms with van der Waals surface area (Å²) in [5.41, 5.74) is 1.98. The maximum Gasteiger partial charge on any atom is 0.291 e. The van der Waals surface area contributed by atoms with Crippen molar-refractivity contribution in [2.45, 2.75) is 71.4 Å². The quantitative estimate of drug-likeness (QED) is 0.682. The number of aryl methyl sites for hydroxylation is 1. The molecule has 0 aromatic carbocycles. The van der Waals surface area contributed by atoms with E-state index in [1.54, 1.807) is 12.3 Å². The first-order valence-electron chi connectivity index (χ1n) is 11.7. The molecule has 0 radical (unpaired) electrons. The molecule has 0 aliphatic heterocycles. The Balaban J connectivity index is 1.25. The molecule has 1 atom stereocenters. The summed E-state index contributed by atoms with van der Waals surface area (Å²) in [5.74, 6) is 3.15. The lowest BCUT2D eigenvalue weighted by molar-refractivity contribution is -0.126. The minimum Gasteiger partial charge on any atom is -0.463 e. The Hall–Kier alpha value is -2.57. The van der Waals surface area contributed by atoms with Gasteiger partial charge >= 0.3 is 0 Å². The molecule has 1 amide bonds. The number of nitrogens with one attached hydrogen (secondary N) is 1. The van der Waals surface area contributed by atoms with E-state index in [9.17, 15) is 9.59 Å². The van der Waals surface area contributed by atoms with Gasteiger partial charge in [-0.05, 0) is 68.6 Å². The molecule has 7 nitrogen and oxygen atoms in total. The van der Waals surface area contributed by atoms with Crippen LogP contribution in [0.5, 0.6) is 0 Å². The van der Waals surface area contributed by atoms with Crippen molar-refractivity contribution in [1.29, 1.82) is 0 Å². The van der Waals surface area contributed by atoms with Crippen LogP contribution in [0.15, 0.2) is 27.6 Å². The van der Waals surface area contributed by atoms with Crippen LogP contribution in [0.4, 0.5) is 0 Å². The zero-order valence-electron chi connectivity index (χ0n) is 18.3. The van der Waals surface area contributed by atoms with Crippen LogP contribution in [0.25, 0.3) is 16.6 Å². The maximum absolute atomic E-state index is 13.1. The molecule has 164 valence electrons. The smallest absolute Gasteiger partial charge is 0.291 e. The average molecular weight is 423 g/mol. The van der Waals surface area contributed by atoms with Crippen molar-refractivity contribution in [3.63, 3.8) is 0 Å². The van der Waals surface area contributed by atoms with Crippen LogP contribution in [0.2, 0.25) is 0 Å². The fourth-order valence-corrected chi connectivity index (χ4v) is 7.34. The van der Waals surface area contributed by atoms with Gasteiger partial charge in [-0.25, -0.2) is 4.68 Å². The first kappa shape index (κ1) is 19.1. The summed E-state index contributed by atoms with van der Waals surface area (Å²) >= 11 is 0. The number of carbonyl (C=O) groups excluding carboxylic acids is 1. The summed E-state index contributed by atoms with van der Waals surface area (Å²) in [7, 11) is 0. The molecular formula is C24H30N4O3. The van der Waals surface area contributed by atoms with Crippen LogP contribution in [0.3, 0.4) is 0 Å². The standard InChI is InChI=1S/C24H30N4O3/c1-3-21-26-27(23(30)19-9-20-18(28(19)21)4-5-31-20)13-22(29)25-14(2)24-10-15-6-16(11-24)8-17(7-15)12-24/h4-5,9,14-17H,3,6-8,10-13H2,1-2H3,(H,25,29)/t14-,15?,16?,17?,24?/m1/s1. The van der Waals surface area contributed by atoms with Gasteiger partial charge in [-0.3, -0.25) is 14.0 Å². The van der Waals surface area contributed by atoms with E-state index in [4.69, 9.17) is 4.42 Å². The molecule has 0 unspecified atom stereocenters. The first-order valence-corrected chi connectivity index (χ1v) is 11.7. The Kier molecular flexibility index (Phi) is 4.14. The molecule has 3 aromatic rings. The number of nitrogens with zero attached hydrogens (tertiary/aromatic N) is 3. The molecule has 0 saturated heterocycles. The van der Waals surface area contributed by atoms with E-state index in [0.29, 0.717) is 17.5 Å². The summed E-state index contributed by atoms with van der Waals surface area (Å²) in [5, 5.41) is 7.78. The first-order chi connectivity index (χ1) is 15.0. The van der Waals surface area contributed by atoms with E-state index >= 15 is 0 Å². The minimum absolute atomic E-state index is 0.0500. The summed E-state index contributed by atoms with van der Waals surface area (Å²) in [6.07, 6.45) is 10.2. The third-order valence-electron chi connectivity index (χ3n) is 8.36. The predicted molar refractivity (Wildman–Crippen MR) is 117 cm³/mol. The molecule has 4 fully saturated rings. The van der Waals surface area contributed by atoms with E-state index in [1.165, 1.54) is 43.2 Å². The fraction of sp³-hybridized carbons (Fsp3) is 0.625. The van der Waals surface area contributed by atoms with E-state index in [0.717, 1.165) is 29.1 Å². The van der Waals surface area contributed by atoms with Gasteiger partial charge in [0.15, 0.2) is 5.58 Å². The highest BCUT2D eigenvalue weighted by Crippen LogP contribution is 2.61. The largest absolute Gasteiger partial charge is 0.463 e. The van der Waals surface area contributed by atoms with Crippen molar-refractivity contribution in [3.8, 4) is 0 Å². The monoisotopic (exact) mass is 422 g/mol. The highest BCUT2D eigenvalue weighted by Gasteiger charge is 2.53. The fourth-order valence-electron chi connectivity index (χ4n) is 7.34. The Bertz CT molecular complexity index is 1200. The van der Waals surface area contributed by atoms with Gasteiger partial charge < -0.3 is 9.73 Å². The molecule has 7 rings (SSSR count). The lowest BCUT2D eigenvalue weighted by atomic mass is 9.48. The Labute approximate surface area is 180 Å². The molecule has 4 aliphatic carbocycles. The van der Waals surface area contributed by atoms with Crippen LogP contribution in [-0.4, -0.2) is 26.1 Å². The van der Waals surface area contributed by atoms with Crippen molar-refractivity contribution < 1.29 is 9.21 Å². The van der Waals surface area contributed by atoms with Gasteiger partial charge in [0.05, 0.1) is 11.8 Å². The number of hydrogen-bond donors (Lipinski definition) is 1. The van der Waals surface area contributed by atoms with Crippen molar-refractivity contribution in [3.05, 3.63) is 34.6 Å². The minimum atomic E-state index is -0.263. The van der Waals surface area contributed by atoms with E-state index in [1.807, 2.05) is 17.4 Å². The van der Waals surface area contributed by atoms with Crippen LogP contribution in [0, 0.1) is 23.2 Å². The molecule has 4 aliphatic rings. The number of rotatable bonds is 5. The van der Waals surface area contributed by atoms with E-state index < -0.39 is 0 Å². The van der Waals surface area contributed by atoms with Crippen molar-refractivity contribution >= 4 is 22.5 Å². The third-order valence-corrected chi connectivity index (χ3v) is 8.36. The van der Waals surface area contributed by atoms with Crippen molar-refractivity contribution in [1.82, 2.24) is 19.5 Å². The number of hydrogen-bond acceptors (Lipinski definition) is 4. The molecule has 1 N–H and O–H groups in total. The number of fused-ring (bicyclic) bond motifs is 3. The number of aromatic nitrogens is 3. The van der Waals surface area contributed by atoms with Gasteiger partial charge in [-0.2, -0.15) is 5.10 Å². The van der Waals surface area contributed by atoms with Gasteiger partial charge in [-0.1, -0.05) is 6.92 Å². The zero-order chi connectivity index (χ0) is 21.3. The highest BCUT2D eigenvalue weighted by atomic mass is 16.3. The lowest BCUT2D eigenvalue weighted by Gasteiger charge is -2.59. The molecular weight excluding hydrogens is 392 g/mol. The van der Waals surface area contributed by atoms with Crippen LogP contribution in [0.1, 0.15) is 58.2 Å². The Morgan fingerprint density at radius 1 is 1.23 bits per heavy atom. The van der Waals surface area contributed by atoms with Gasteiger partial charge in [0.2, 0.25) is 5.91 Å². The van der Waals surface area contributed by atoms with Gasteiger partial charge in [0.25, 0.3) is 5.56 Å². The normalized spacial score (nSPS) is 30.3. The summed E-state index contributed by atoms with van der Waals surface area (Å²) in [6, 6.07) is 3.71. The molecule has 0 spiro atoms. The Morgan fingerprint density at radius 3 is 2.55 bits per heavy atom. The van der Waals surface area contributed by atoms with Gasteiger partial charge in [0, 0.05) is 24.6 Å². The molecule has 31 heavy (non-hydrogen) atoms. The Morgan fingerprint density at radius 2 is 1.90 bits per heavy atom. The molecule has 3 heterocycles. The van der Waals surface area contributed by atoms with Crippen molar-refractivity contribution in [2.24, 2.45) is 23.2 Å². The van der Waals surface area contributed by atoms with Gasteiger partial charge in [-0.15, -0.1) is 0 Å². The average Bonchev–Trinajstić information content (AvgIpc) is 3.31. The summed E-state index contributed by atoms with van der Waals surface area (Å²) < 4.78 is 8.63. The SMILES string of the molecule is CCc1nn(CC(=O)N[C@H](C)C23CC4CC(CC(C4)C2)C3)c(=O)c2cc3occc3n12. The molecule has 4 saturated carbocycles. The van der Waals surface area contributed by atoms with Crippen LogP contribution < -0.4 is 10.9 Å². The second-order valence-corrected chi connectivity index (χ2v) is 10.3. The number of carbonyl (C=O) groups is 1. The summed E-state index contributed by atoms with van der Waals surface area (Å²) in [4.78, 5) is 26.1. The zero-order valence-corrected chi connectivity index (χ0v) is 18.3. The van der Waals surface area contributed by atoms with Gasteiger partial charge in [0.1, 0.15) is 17.9 Å². The van der Waals surface area contributed by atoms with Crippen LogP contribution >= 0.6 is 0 Å². The lowest BCUT2D eigenvalue weighted by Crippen LogP contribution is -2.56. The molecule has 4 bridgehead atoms. The van der Waals surface area contributed by atoms with E-state index in [-0.39, 0.29) is 29.5 Å². The van der Waals surface area contributed by atoms with Crippen molar-refractivity contribution in [2.75, 3.05) is 0 Å². The van der Waals surface area contributed by atoms with Crippen LogP contribution in [-0.2, 0) is 17.8 Å². The molecule has 7 heteroatoms. The van der Waals surface area contributed by atoms with E-state index in [2.05, 4.69) is 17.3 Å². The number of furan rings is 1. The predicted octanol–water partition coefficient (Wildman–Crippen LogP) is 3.53. The third kappa shape index (κ3) is 2.88. The topological polar surface area (TPSA) is 81.5 Å². The molecule has 3 aromatic heterocycles. The number of amides is 1.